The Bertz CT molecular complexity index is 295. The van der Waals surface area contributed by atoms with Gasteiger partial charge in [-0.05, 0) is 24.7 Å². The SMILES string of the molecule is CC(C)C[C@@]12C(=O)CC[C@H]1[C@H]2C(=O)O. The monoisotopic (exact) mass is 196 g/mol. The molecule has 2 saturated carbocycles. The van der Waals surface area contributed by atoms with Gasteiger partial charge in [0.1, 0.15) is 5.78 Å². The van der Waals surface area contributed by atoms with E-state index in [0.717, 1.165) is 12.8 Å². The second kappa shape index (κ2) is 2.81. The first kappa shape index (κ1) is 9.69. The number of Topliss-reactive ketones (excluding diaryl/α,β-unsaturated/α-hetero) is 1. The number of hydrogen-bond donors (Lipinski definition) is 1. The molecule has 0 aromatic carbocycles. The number of aliphatic carboxylic acids is 1. The molecule has 2 rings (SSSR count). The van der Waals surface area contributed by atoms with Gasteiger partial charge in [-0.15, -0.1) is 0 Å². The van der Waals surface area contributed by atoms with Crippen LogP contribution in [0.4, 0.5) is 0 Å². The van der Waals surface area contributed by atoms with Gasteiger partial charge < -0.3 is 5.11 Å². The van der Waals surface area contributed by atoms with E-state index in [1.165, 1.54) is 0 Å². The lowest BCUT2D eigenvalue weighted by molar-refractivity contribution is -0.142. The van der Waals surface area contributed by atoms with E-state index in [1.807, 2.05) is 0 Å². The van der Waals surface area contributed by atoms with Gasteiger partial charge in [-0.3, -0.25) is 9.59 Å². The maximum atomic E-state index is 11.7. The van der Waals surface area contributed by atoms with Gasteiger partial charge in [-0.2, -0.15) is 0 Å². The second-order valence-electron chi connectivity index (χ2n) is 5.02. The summed E-state index contributed by atoms with van der Waals surface area (Å²) >= 11 is 0. The van der Waals surface area contributed by atoms with Crippen LogP contribution in [-0.2, 0) is 9.59 Å². The number of carboxylic acid groups (broad SMARTS) is 1. The average Bonchev–Trinajstić information content (AvgIpc) is 2.59. The van der Waals surface area contributed by atoms with Crippen LogP contribution in [-0.4, -0.2) is 16.9 Å². The van der Waals surface area contributed by atoms with Crippen molar-refractivity contribution in [2.75, 3.05) is 0 Å². The predicted molar refractivity (Wildman–Crippen MR) is 50.7 cm³/mol. The Balaban J connectivity index is 2.21. The second-order valence-corrected chi connectivity index (χ2v) is 5.02. The van der Waals surface area contributed by atoms with E-state index >= 15 is 0 Å². The van der Waals surface area contributed by atoms with Crippen LogP contribution in [0, 0.1) is 23.2 Å². The lowest BCUT2D eigenvalue weighted by Gasteiger charge is -2.14. The third-order valence-electron chi connectivity index (χ3n) is 3.72. The Labute approximate surface area is 83.5 Å². The lowest BCUT2D eigenvalue weighted by atomic mass is 9.88. The van der Waals surface area contributed by atoms with Crippen LogP contribution in [0.2, 0.25) is 0 Å². The van der Waals surface area contributed by atoms with Crippen molar-refractivity contribution in [1.82, 2.24) is 0 Å². The first-order valence-corrected chi connectivity index (χ1v) is 5.26. The molecule has 0 aliphatic heterocycles. The van der Waals surface area contributed by atoms with Crippen LogP contribution in [0.1, 0.15) is 33.1 Å². The fourth-order valence-electron chi connectivity index (χ4n) is 3.30. The van der Waals surface area contributed by atoms with Crippen LogP contribution in [0.3, 0.4) is 0 Å². The summed E-state index contributed by atoms with van der Waals surface area (Å²) in [5.74, 6) is -0.391. The summed E-state index contributed by atoms with van der Waals surface area (Å²) < 4.78 is 0. The zero-order chi connectivity index (χ0) is 10.5. The van der Waals surface area contributed by atoms with Crippen molar-refractivity contribution >= 4 is 11.8 Å². The van der Waals surface area contributed by atoms with E-state index in [1.54, 1.807) is 0 Å². The van der Waals surface area contributed by atoms with Gasteiger partial charge in [0.25, 0.3) is 0 Å². The molecule has 0 amide bonds. The van der Waals surface area contributed by atoms with Gasteiger partial charge in [0.2, 0.25) is 0 Å². The lowest BCUT2D eigenvalue weighted by Crippen LogP contribution is -2.21. The number of hydrogen-bond acceptors (Lipinski definition) is 2. The largest absolute Gasteiger partial charge is 0.481 e. The van der Waals surface area contributed by atoms with E-state index < -0.39 is 11.4 Å². The van der Waals surface area contributed by atoms with Crippen LogP contribution < -0.4 is 0 Å². The molecule has 0 saturated heterocycles. The number of ketones is 1. The number of carboxylic acids is 1. The molecular weight excluding hydrogens is 180 g/mol. The molecule has 2 aliphatic rings. The van der Waals surface area contributed by atoms with Crippen molar-refractivity contribution in [3.8, 4) is 0 Å². The van der Waals surface area contributed by atoms with Crippen LogP contribution >= 0.6 is 0 Å². The molecule has 1 N–H and O–H groups in total. The van der Waals surface area contributed by atoms with Gasteiger partial charge in [-0.25, -0.2) is 0 Å². The van der Waals surface area contributed by atoms with Gasteiger partial charge in [0.05, 0.1) is 5.92 Å². The maximum Gasteiger partial charge on any atom is 0.307 e. The molecule has 78 valence electrons. The molecular formula is C11H16O3. The minimum Gasteiger partial charge on any atom is -0.481 e. The van der Waals surface area contributed by atoms with Gasteiger partial charge in [-0.1, -0.05) is 13.8 Å². The van der Waals surface area contributed by atoms with E-state index in [2.05, 4.69) is 13.8 Å². The number of fused-ring (bicyclic) bond motifs is 1. The highest BCUT2D eigenvalue weighted by Crippen LogP contribution is 2.69. The summed E-state index contributed by atoms with van der Waals surface area (Å²) in [4.78, 5) is 22.7. The molecule has 3 atom stereocenters. The summed E-state index contributed by atoms with van der Waals surface area (Å²) in [6.07, 6.45) is 2.15. The predicted octanol–water partition coefficient (Wildman–Crippen LogP) is 1.71. The normalized spacial score (nSPS) is 40.1. The smallest absolute Gasteiger partial charge is 0.307 e. The molecule has 0 aromatic rings. The molecule has 2 aliphatic carbocycles. The highest BCUT2D eigenvalue weighted by Gasteiger charge is 2.74. The topological polar surface area (TPSA) is 54.4 Å². The van der Waals surface area contributed by atoms with E-state index in [-0.39, 0.29) is 17.6 Å². The van der Waals surface area contributed by atoms with E-state index in [4.69, 9.17) is 5.11 Å². The molecule has 0 unspecified atom stereocenters. The number of carbonyl (C=O) groups excluding carboxylic acids is 1. The molecule has 3 heteroatoms. The average molecular weight is 196 g/mol. The van der Waals surface area contributed by atoms with Crippen molar-refractivity contribution in [3.05, 3.63) is 0 Å². The first-order valence-electron chi connectivity index (χ1n) is 5.26. The van der Waals surface area contributed by atoms with Gasteiger partial charge >= 0.3 is 5.97 Å². The van der Waals surface area contributed by atoms with Crippen LogP contribution in [0.5, 0.6) is 0 Å². The molecule has 2 fully saturated rings. The Hall–Kier alpha value is -0.860. The minimum atomic E-state index is -0.774. The highest BCUT2D eigenvalue weighted by molar-refractivity contribution is 5.98. The summed E-state index contributed by atoms with van der Waals surface area (Å²) in [6, 6.07) is 0. The molecule has 3 nitrogen and oxygen atoms in total. The summed E-state index contributed by atoms with van der Waals surface area (Å²) in [6.45, 7) is 4.10. The maximum absolute atomic E-state index is 11.7. The first-order chi connectivity index (χ1) is 6.50. The van der Waals surface area contributed by atoms with Crippen molar-refractivity contribution in [3.63, 3.8) is 0 Å². The molecule has 0 radical (unpaired) electrons. The van der Waals surface area contributed by atoms with Gasteiger partial charge in [0, 0.05) is 11.8 Å². The third-order valence-corrected chi connectivity index (χ3v) is 3.72. The van der Waals surface area contributed by atoms with Crippen molar-refractivity contribution in [2.24, 2.45) is 23.2 Å². The molecule has 14 heavy (non-hydrogen) atoms. The van der Waals surface area contributed by atoms with Crippen molar-refractivity contribution < 1.29 is 14.7 Å². The summed E-state index contributed by atoms with van der Waals surface area (Å²) in [5.41, 5.74) is -0.458. The molecule has 0 aromatic heterocycles. The number of carbonyl (C=O) groups is 2. The quantitative estimate of drug-likeness (QED) is 0.747. The van der Waals surface area contributed by atoms with Crippen LogP contribution in [0.15, 0.2) is 0 Å². The van der Waals surface area contributed by atoms with Crippen LogP contribution in [0.25, 0.3) is 0 Å². The number of rotatable bonds is 3. The van der Waals surface area contributed by atoms with Crippen molar-refractivity contribution in [2.45, 2.75) is 33.1 Å². The standard InChI is InChI=1S/C11H16O3/c1-6(2)5-11-7(3-4-8(11)12)9(11)10(13)14/h6-7,9H,3-5H2,1-2H3,(H,13,14)/t7-,9-,11-/m0/s1. The van der Waals surface area contributed by atoms with E-state index in [9.17, 15) is 9.59 Å². The Kier molecular flexibility index (Phi) is 1.95. The Morgan fingerprint density at radius 2 is 2.29 bits per heavy atom. The summed E-state index contributed by atoms with van der Waals surface area (Å²) in [7, 11) is 0. The fraction of sp³-hybridized carbons (Fsp3) is 0.818. The molecule has 0 bridgehead atoms. The highest BCUT2D eigenvalue weighted by atomic mass is 16.4. The van der Waals surface area contributed by atoms with Gasteiger partial charge in [0.15, 0.2) is 0 Å². The zero-order valence-corrected chi connectivity index (χ0v) is 8.62. The molecule has 0 spiro atoms. The summed E-state index contributed by atoms with van der Waals surface area (Å²) in [5, 5.41) is 9.00. The Morgan fingerprint density at radius 1 is 1.64 bits per heavy atom. The minimum absolute atomic E-state index is 0.148. The van der Waals surface area contributed by atoms with Crippen molar-refractivity contribution in [1.29, 1.82) is 0 Å². The Morgan fingerprint density at radius 3 is 2.71 bits per heavy atom. The third kappa shape index (κ3) is 1.04. The van der Waals surface area contributed by atoms with E-state index in [0.29, 0.717) is 12.3 Å². The molecule has 0 heterocycles. The zero-order valence-electron chi connectivity index (χ0n) is 8.62. The fourth-order valence-corrected chi connectivity index (χ4v) is 3.30.